The van der Waals surface area contributed by atoms with Crippen LogP contribution in [-0.2, 0) is 0 Å². The van der Waals surface area contributed by atoms with Crippen molar-refractivity contribution in [3.63, 3.8) is 0 Å². The lowest BCUT2D eigenvalue weighted by atomic mass is 10.1. The normalized spacial score (nSPS) is 10.7. The van der Waals surface area contributed by atoms with Crippen molar-refractivity contribution in [3.8, 4) is 11.5 Å². The molecule has 2 nitrogen and oxygen atoms in total. The van der Waals surface area contributed by atoms with Crippen LogP contribution in [0, 0.1) is 5.82 Å². The van der Waals surface area contributed by atoms with Crippen LogP contribution in [0.5, 0.6) is 11.5 Å². The minimum atomic E-state index is -0.408. The summed E-state index contributed by atoms with van der Waals surface area (Å²) in [6, 6.07) is 16.3. The molecule has 3 aromatic rings. The SMILES string of the molecule is Nc1cc(Br)c(F)cc1Oc1cccc2ccccc12. The third-order valence-electron chi connectivity index (χ3n) is 3.02. The molecule has 0 aliphatic heterocycles. The Labute approximate surface area is 124 Å². The molecule has 0 saturated carbocycles. The number of ether oxygens (including phenoxy) is 1. The quantitative estimate of drug-likeness (QED) is 0.662. The molecule has 20 heavy (non-hydrogen) atoms. The molecule has 4 heteroatoms. The number of benzene rings is 3. The van der Waals surface area contributed by atoms with Crippen molar-refractivity contribution in [1.29, 1.82) is 0 Å². The van der Waals surface area contributed by atoms with Crippen molar-refractivity contribution in [3.05, 3.63) is 64.9 Å². The Morgan fingerprint density at radius 2 is 1.70 bits per heavy atom. The second kappa shape index (κ2) is 5.13. The standard InChI is InChI=1S/C16H11BrFNO/c17-12-8-14(19)16(9-13(12)18)20-15-7-3-5-10-4-1-2-6-11(10)15/h1-9H,19H2. The summed E-state index contributed by atoms with van der Waals surface area (Å²) in [5.74, 6) is 0.549. The minimum absolute atomic E-state index is 0.307. The zero-order chi connectivity index (χ0) is 14.1. The van der Waals surface area contributed by atoms with E-state index in [4.69, 9.17) is 10.5 Å². The Morgan fingerprint density at radius 3 is 2.55 bits per heavy atom. The number of rotatable bonds is 2. The highest BCUT2D eigenvalue weighted by molar-refractivity contribution is 9.10. The predicted molar refractivity (Wildman–Crippen MR) is 82.5 cm³/mol. The third kappa shape index (κ3) is 2.34. The van der Waals surface area contributed by atoms with E-state index in [0.29, 0.717) is 21.7 Å². The first kappa shape index (κ1) is 12.9. The Balaban J connectivity index is 2.08. The van der Waals surface area contributed by atoms with Gasteiger partial charge in [-0.15, -0.1) is 0 Å². The molecule has 0 bridgehead atoms. The van der Waals surface area contributed by atoms with Crippen LogP contribution in [0.1, 0.15) is 0 Å². The van der Waals surface area contributed by atoms with Gasteiger partial charge in [-0.25, -0.2) is 4.39 Å². The summed E-state index contributed by atoms with van der Waals surface area (Å²) in [6.07, 6.45) is 0. The lowest BCUT2D eigenvalue weighted by Crippen LogP contribution is -1.94. The van der Waals surface area contributed by atoms with Crippen LogP contribution in [-0.4, -0.2) is 0 Å². The molecule has 0 atom stereocenters. The molecule has 0 unspecified atom stereocenters. The lowest BCUT2D eigenvalue weighted by molar-refractivity contribution is 0.484. The molecule has 0 aliphatic rings. The fourth-order valence-electron chi connectivity index (χ4n) is 2.04. The number of fused-ring (bicyclic) bond motifs is 1. The van der Waals surface area contributed by atoms with Crippen molar-refractivity contribution in [2.45, 2.75) is 0 Å². The first-order valence-corrected chi connectivity index (χ1v) is 6.84. The molecular formula is C16H11BrFNO. The molecular weight excluding hydrogens is 321 g/mol. The number of anilines is 1. The van der Waals surface area contributed by atoms with E-state index in [1.807, 2.05) is 42.5 Å². The summed E-state index contributed by atoms with van der Waals surface area (Å²) in [5.41, 5.74) is 6.24. The van der Waals surface area contributed by atoms with Crippen LogP contribution in [0.25, 0.3) is 10.8 Å². The highest BCUT2D eigenvalue weighted by atomic mass is 79.9. The average Bonchev–Trinajstić information content (AvgIpc) is 2.45. The zero-order valence-electron chi connectivity index (χ0n) is 10.4. The monoisotopic (exact) mass is 331 g/mol. The fourth-order valence-corrected chi connectivity index (χ4v) is 2.40. The van der Waals surface area contributed by atoms with Gasteiger partial charge in [0.25, 0.3) is 0 Å². The lowest BCUT2D eigenvalue weighted by Gasteiger charge is -2.11. The Kier molecular flexibility index (Phi) is 3.32. The maximum Gasteiger partial charge on any atom is 0.153 e. The van der Waals surface area contributed by atoms with Gasteiger partial charge in [0.1, 0.15) is 11.6 Å². The second-order valence-electron chi connectivity index (χ2n) is 4.38. The van der Waals surface area contributed by atoms with Gasteiger partial charge in [0.15, 0.2) is 5.75 Å². The van der Waals surface area contributed by atoms with Crippen molar-refractivity contribution in [2.75, 3.05) is 5.73 Å². The van der Waals surface area contributed by atoms with E-state index in [1.165, 1.54) is 12.1 Å². The van der Waals surface area contributed by atoms with Gasteiger partial charge in [-0.3, -0.25) is 0 Å². The summed E-state index contributed by atoms with van der Waals surface area (Å²) in [5, 5.41) is 2.01. The second-order valence-corrected chi connectivity index (χ2v) is 5.24. The minimum Gasteiger partial charge on any atom is -0.454 e. The van der Waals surface area contributed by atoms with E-state index in [-0.39, 0.29) is 0 Å². The third-order valence-corrected chi connectivity index (χ3v) is 3.63. The van der Waals surface area contributed by atoms with Gasteiger partial charge in [0.05, 0.1) is 10.2 Å². The van der Waals surface area contributed by atoms with Crippen LogP contribution >= 0.6 is 15.9 Å². The molecule has 0 aromatic heterocycles. The van der Waals surface area contributed by atoms with Gasteiger partial charge in [0.2, 0.25) is 0 Å². The topological polar surface area (TPSA) is 35.2 Å². The highest BCUT2D eigenvalue weighted by Crippen LogP contribution is 2.35. The van der Waals surface area contributed by atoms with Crippen LogP contribution in [0.3, 0.4) is 0 Å². The molecule has 3 rings (SSSR count). The average molecular weight is 332 g/mol. The largest absolute Gasteiger partial charge is 0.454 e. The first-order valence-electron chi connectivity index (χ1n) is 6.05. The maximum atomic E-state index is 13.6. The van der Waals surface area contributed by atoms with Gasteiger partial charge in [-0.05, 0) is 33.4 Å². The van der Waals surface area contributed by atoms with Gasteiger partial charge < -0.3 is 10.5 Å². The van der Waals surface area contributed by atoms with Gasteiger partial charge >= 0.3 is 0 Å². The van der Waals surface area contributed by atoms with E-state index in [9.17, 15) is 4.39 Å². The van der Waals surface area contributed by atoms with Gasteiger partial charge in [0, 0.05) is 11.5 Å². The molecule has 0 fully saturated rings. The summed E-state index contributed by atoms with van der Waals surface area (Å²) in [7, 11) is 0. The molecule has 0 spiro atoms. The zero-order valence-corrected chi connectivity index (χ0v) is 12.0. The fraction of sp³-hybridized carbons (Fsp3) is 0. The number of nitrogens with two attached hydrogens (primary N) is 1. The summed E-state index contributed by atoms with van der Waals surface area (Å²) < 4.78 is 19.7. The Morgan fingerprint density at radius 1 is 0.950 bits per heavy atom. The van der Waals surface area contributed by atoms with Crippen LogP contribution in [0.2, 0.25) is 0 Å². The molecule has 0 saturated heterocycles. The molecule has 0 heterocycles. The van der Waals surface area contributed by atoms with Crippen molar-refractivity contribution < 1.29 is 9.13 Å². The molecule has 3 aromatic carbocycles. The first-order chi connectivity index (χ1) is 9.65. The summed E-state index contributed by atoms with van der Waals surface area (Å²) in [6.45, 7) is 0. The summed E-state index contributed by atoms with van der Waals surface area (Å²) >= 11 is 3.09. The van der Waals surface area contributed by atoms with Gasteiger partial charge in [-0.1, -0.05) is 36.4 Å². The molecule has 100 valence electrons. The maximum absolute atomic E-state index is 13.6. The van der Waals surface area contributed by atoms with Crippen molar-refractivity contribution in [1.82, 2.24) is 0 Å². The van der Waals surface area contributed by atoms with E-state index < -0.39 is 5.82 Å². The van der Waals surface area contributed by atoms with E-state index in [0.717, 1.165) is 10.8 Å². The molecule has 2 N–H and O–H groups in total. The predicted octanol–water partition coefficient (Wildman–Crippen LogP) is 5.12. The number of hydrogen-bond donors (Lipinski definition) is 1. The Hall–Kier alpha value is -2.07. The van der Waals surface area contributed by atoms with Crippen molar-refractivity contribution >= 4 is 32.4 Å². The number of hydrogen-bond acceptors (Lipinski definition) is 2. The molecule has 0 amide bonds. The highest BCUT2D eigenvalue weighted by Gasteiger charge is 2.09. The molecule has 0 aliphatic carbocycles. The number of halogens is 2. The Bertz CT molecular complexity index is 783. The van der Waals surface area contributed by atoms with E-state index in [2.05, 4.69) is 15.9 Å². The van der Waals surface area contributed by atoms with E-state index in [1.54, 1.807) is 0 Å². The smallest absolute Gasteiger partial charge is 0.153 e. The van der Waals surface area contributed by atoms with E-state index >= 15 is 0 Å². The van der Waals surface area contributed by atoms with Gasteiger partial charge in [-0.2, -0.15) is 0 Å². The molecule has 0 radical (unpaired) electrons. The summed E-state index contributed by atoms with van der Waals surface area (Å²) in [4.78, 5) is 0. The van der Waals surface area contributed by atoms with Crippen LogP contribution < -0.4 is 10.5 Å². The van der Waals surface area contributed by atoms with Crippen molar-refractivity contribution in [2.24, 2.45) is 0 Å². The van der Waals surface area contributed by atoms with Crippen LogP contribution in [0.4, 0.5) is 10.1 Å². The van der Waals surface area contributed by atoms with Crippen LogP contribution in [0.15, 0.2) is 59.1 Å². The number of nitrogen functional groups attached to an aromatic ring is 1.